The molecule has 2 heterocycles. The normalized spacial score (nSPS) is 19.7. The highest BCUT2D eigenvalue weighted by Gasteiger charge is 2.32. The van der Waals surface area contributed by atoms with Crippen molar-refractivity contribution in [1.82, 2.24) is 9.80 Å². The third-order valence-electron chi connectivity index (χ3n) is 6.54. The number of fused-ring (bicyclic) bond motifs is 3. The molecule has 1 atom stereocenters. The number of rotatable bonds is 11. The maximum absolute atomic E-state index is 13.8. The van der Waals surface area contributed by atoms with Gasteiger partial charge in [-0.1, -0.05) is 70.8 Å². The maximum Gasteiger partial charge on any atom is 0.123 e. The molecule has 0 saturated carbocycles. The second-order valence-electron chi connectivity index (χ2n) is 8.63. The van der Waals surface area contributed by atoms with Crippen molar-refractivity contribution in [2.24, 2.45) is 0 Å². The molecule has 1 aromatic rings. The van der Waals surface area contributed by atoms with E-state index in [1.54, 1.807) is 12.1 Å². The Morgan fingerprint density at radius 1 is 0.893 bits per heavy atom. The van der Waals surface area contributed by atoms with Crippen LogP contribution in [0.25, 0.3) is 0 Å². The van der Waals surface area contributed by atoms with Crippen LogP contribution in [0.3, 0.4) is 0 Å². The molecule has 2 aliphatic rings. The van der Waals surface area contributed by atoms with Crippen LogP contribution in [-0.4, -0.2) is 42.5 Å². The summed E-state index contributed by atoms with van der Waals surface area (Å²) in [5, 5.41) is 0. The van der Waals surface area contributed by atoms with Gasteiger partial charge in [-0.2, -0.15) is 0 Å². The van der Waals surface area contributed by atoms with Crippen molar-refractivity contribution >= 4 is 12.4 Å². The fourth-order valence-corrected chi connectivity index (χ4v) is 4.83. The van der Waals surface area contributed by atoms with Crippen molar-refractivity contribution in [2.75, 3.05) is 32.7 Å². The zero-order valence-corrected chi connectivity index (χ0v) is 18.6. The zero-order valence-electron chi connectivity index (χ0n) is 17.8. The summed E-state index contributed by atoms with van der Waals surface area (Å²) in [7, 11) is 0. The highest BCUT2D eigenvalue weighted by Crippen LogP contribution is 2.33. The van der Waals surface area contributed by atoms with E-state index in [4.69, 9.17) is 0 Å². The van der Waals surface area contributed by atoms with Gasteiger partial charge in [0, 0.05) is 32.2 Å². The highest BCUT2D eigenvalue weighted by atomic mass is 35.5. The molecular weight excluding hydrogens is 371 g/mol. The van der Waals surface area contributed by atoms with Crippen LogP contribution < -0.4 is 0 Å². The van der Waals surface area contributed by atoms with Gasteiger partial charge in [-0.25, -0.2) is 4.39 Å². The minimum Gasteiger partial charge on any atom is -0.300 e. The Labute approximate surface area is 178 Å². The molecule has 1 fully saturated rings. The zero-order chi connectivity index (χ0) is 18.9. The second kappa shape index (κ2) is 12.8. The maximum atomic E-state index is 13.8. The quantitative estimate of drug-likeness (QED) is 0.390. The Bertz CT molecular complexity index is 566. The lowest BCUT2D eigenvalue weighted by atomic mass is 9.90. The lowest BCUT2D eigenvalue weighted by Crippen LogP contribution is -2.51. The summed E-state index contributed by atoms with van der Waals surface area (Å²) in [4.78, 5) is 5.18. The molecule has 0 aliphatic carbocycles. The van der Waals surface area contributed by atoms with Crippen LogP contribution in [-0.2, 0) is 6.42 Å². The average molecular weight is 411 g/mol. The molecule has 3 rings (SSSR count). The van der Waals surface area contributed by atoms with E-state index in [9.17, 15) is 4.39 Å². The van der Waals surface area contributed by atoms with E-state index in [0.717, 1.165) is 26.1 Å². The van der Waals surface area contributed by atoms with Crippen LogP contribution in [0.1, 0.15) is 88.3 Å². The topological polar surface area (TPSA) is 6.48 Å². The van der Waals surface area contributed by atoms with Crippen LogP contribution >= 0.6 is 12.4 Å². The summed E-state index contributed by atoms with van der Waals surface area (Å²) < 4.78 is 13.8. The van der Waals surface area contributed by atoms with Gasteiger partial charge in [-0.15, -0.1) is 12.4 Å². The first-order chi connectivity index (χ1) is 13.3. The van der Waals surface area contributed by atoms with Gasteiger partial charge in [-0.05, 0) is 42.6 Å². The predicted molar refractivity (Wildman–Crippen MR) is 120 cm³/mol. The van der Waals surface area contributed by atoms with Crippen molar-refractivity contribution in [2.45, 2.75) is 83.6 Å². The van der Waals surface area contributed by atoms with E-state index in [2.05, 4.69) is 16.7 Å². The Balaban J connectivity index is 0.00000280. The first kappa shape index (κ1) is 23.6. The number of unbranched alkanes of at least 4 members (excludes halogenated alkanes) is 9. The SMILES string of the molecule is CCCCCCCCCCCCN1CCN2CCc3ccc(F)cc3C2C1.Cl. The van der Waals surface area contributed by atoms with Gasteiger partial charge >= 0.3 is 0 Å². The van der Waals surface area contributed by atoms with Gasteiger partial charge in [0.25, 0.3) is 0 Å². The molecule has 0 N–H and O–H groups in total. The fraction of sp³-hybridized carbons (Fsp3) is 0.750. The summed E-state index contributed by atoms with van der Waals surface area (Å²) >= 11 is 0. The molecule has 1 saturated heterocycles. The van der Waals surface area contributed by atoms with E-state index in [-0.39, 0.29) is 18.2 Å². The minimum atomic E-state index is -0.0811. The Morgan fingerprint density at radius 2 is 1.57 bits per heavy atom. The number of piperazine rings is 1. The van der Waals surface area contributed by atoms with Crippen molar-refractivity contribution < 1.29 is 4.39 Å². The van der Waals surface area contributed by atoms with Crippen LogP contribution in [0, 0.1) is 5.82 Å². The lowest BCUT2D eigenvalue weighted by Gasteiger charge is -2.45. The molecule has 1 unspecified atom stereocenters. The van der Waals surface area contributed by atoms with Crippen LogP contribution in [0.4, 0.5) is 4.39 Å². The van der Waals surface area contributed by atoms with E-state index >= 15 is 0 Å². The molecular formula is C24H40ClFN2. The number of nitrogens with zero attached hydrogens (tertiary/aromatic N) is 2. The summed E-state index contributed by atoms with van der Waals surface area (Å²) in [5.74, 6) is -0.0811. The molecule has 1 aromatic carbocycles. The molecule has 2 aliphatic heterocycles. The molecule has 28 heavy (non-hydrogen) atoms. The molecule has 0 bridgehead atoms. The monoisotopic (exact) mass is 410 g/mol. The molecule has 0 amide bonds. The van der Waals surface area contributed by atoms with Crippen molar-refractivity contribution in [3.05, 3.63) is 35.1 Å². The highest BCUT2D eigenvalue weighted by molar-refractivity contribution is 5.85. The van der Waals surface area contributed by atoms with Crippen LogP contribution in [0.2, 0.25) is 0 Å². The average Bonchev–Trinajstić information content (AvgIpc) is 2.69. The van der Waals surface area contributed by atoms with E-state index < -0.39 is 0 Å². The fourth-order valence-electron chi connectivity index (χ4n) is 4.83. The summed E-state index contributed by atoms with van der Waals surface area (Å²) in [6.45, 7) is 8.02. The smallest absolute Gasteiger partial charge is 0.123 e. The van der Waals surface area contributed by atoms with Gasteiger partial charge in [0.1, 0.15) is 5.82 Å². The molecule has 2 nitrogen and oxygen atoms in total. The Kier molecular flexibility index (Phi) is 10.8. The first-order valence-electron chi connectivity index (χ1n) is 11.5. The lowest BCUT2D eigenvalue weighted by molar-refractivity contribution is 0.0661. The number of hydrogen-bond acceptors (Lipinski definition) is 2. The van der Waals surface area contributed by atoms with Gasteiger partial charge < -0.3 is 4.90 Å². The number of hydrogen-bond donors (Lipinski definition) is 0. The number of halogens is 2. The largest absolute Gasteiger partial charge is 0.300 e. The molecule has 0 aromatic heterocycles. The minimum absolute atomic E-state index is 0. The molecule has 160 valence electrons. The summed E-state index contributed by atoms with van der Waals surface area (Å²) in [6.07, 6.45) is 15.0. The summed E-state index contributed by atoms with van der Waals surface area (Å²) in [6, 6.07) is 5.82. The predicted octanol–water partition coefficient (Wildman–Crippen LogP) is 6.38. The van der Waals surface area contributed by atoms with E-state index in [1.165, 1.54) is 88.4 Å². The van der Waals surface area contributed by atoms with Crippen LogP contribution in [0.15, 0.2) is 18.2 Å². The number of benzene rings is 1. The molecule has 0 spiro atoms. The third kappa shape index (κ3) is 7.00. The molecule has 4 heteroatoms. The van der Waals surface area contributed by atoms with Crippen molar-refractivity contribution in [3.8, 4) is 0 Å². The van der Waals surface area contributed by atoms with Gasteiger partial charge in [0.2, 0.25) is 0 Å². The van der Waals surface area contributed by atoms with E-state index in [1.807, 2.05) is 6.07 Å². The first-order valence-corrected chi connectivity index (χ1v) is 11.5. The third-order valence-corrected chi connectivity index (χ3v) is 6.54. The molecule has 0 radical (unpaired) electrons. The summed E-state index contributed by atoms with van der Waals surface area (Å²) in [5.41, 5.74) is 2.60. The van der Waals surface area contributed by atoms with E-state index in [0.29, 0.717) is 6.04 Å². The standard InChI is InChI=1S/C24H39FN2.ClH/c1-2-3-4-5-6-7-8-9-10-11-15-26-17-18-27-16-14-21-12-13-22(25)19-23(21)24(27)20-26;/h12-13,19,24H,2-11,14-18,20H2,1H3;1H. The Hall–Kier alpha value is -0.640. The van der Waals surface area contributed by atoms with Crippen molar-refractivity contribution in [3.63, 3.8) is 0 Å². The van der Waals surface area contributed by atoms with Crippen LogP contribution in [0.5, 0.6) is 0 Å². The Morgan fingerprint density at radius 3 is 2.29 bits per heavy atom. The van der Waals surface area contributed by atoms with Gasteiger partial charge in [0.05, 0.1) is 0 Å². The second-order valence-corrected chi connectivity index (χ2v) is 8.63. The van der Waals surface area contributed by atoms with Gasteiger partial charge in [-0.3, -0.25) is 4.90 Å². The van der Waals surface area contributed by atoms with Crippen molar-refractivity contribution in [1.29, 1.82) is 0 Å². The van der Waals surface area contributed by atoms with Gasteiger partial charge in [0.15, 0.2) is 0 Å².